The fourth-order valence-electron chi connectivity index (χ4n) is 5.88. The number of amidine groups is 1. The van der Waals surface area contributed by atoms with Gasteiger partial charge in [-0.3, -0.25) is 14.5 Å². The number of amides is 1. The molecule has 0 spiro atoms. The predicted octanol–water partition coefficient (Wildman–Crippen LogP) is 1.68. The molecule has 4 aliphatic heterocycles. The van der Waals surface area contributed by atoms with Crippen LogP contribution >= 0.6 is 0 Å². The van der Waals surface area contributed by atoms with Crippen molar-refractivity contribution >= 4 is 17.4 Å². The highest BCUT2D eigenvalue weighted by molar-refractivity contribution is 5.99. The molecule has 5 aliphatic rings. The number of hydrogen-bond donors (Lipinski definition) is 2. The average molecular weight is 490 g/mol. The Morgan fingerprint density at radius 3 is 2.57 bits per heavy atom. The van der Waals surface area contributed by atoms with E-state index in [9.17, 15) is 18.7 Å². The van der Waals surface area contributed by atoms with Crippen molar-refractivity contribution in [2.75, 3.05) is 31.4 Å². The summed E-state index contributed by atoms with van der Waals surface area (Å²) in [5.74, 6) is 0.706. The molecular weight excluding hydrogens is 460 g/mol. The summed E-state index contributed by atoms with van der Waals surface area (Å²) in [4.78, 5) is 19.2. The van der Waals surface area contributed by atoms with Crippen molar-refractivity contribution in [3.8, 4) is 0 Å². The van der Waals surface area contributed by atoms with Crippen molar-refractivity contribution in [3.05, 3.63) is 35.6 Å². The van der Waals surface area contributed by atoms with Gasteiger partial charge in [0.1, 0.15) is 11.5 Å². The SMILES string of the molecule is NC(=O)C1=C2N=C(N3C4COCC3C4)C=CN2N(c2cn(C3CCC(CO)CC3)nc2C(F)F)C1. The van der Waals surface area contributed by atoms with Crippen LogP contribution in [0, 0.1) is 5.92 Å². The summed E-state index contributed by atoms with van der Waals surface area (Å²) in [6.45, 7) is 1.45. The number of primary amides is 1. The van der Waals surface area contributed by atoms with Crippen molar-refractivity contribution in [2.24, 2.45) is 16.6 Å². The Morgan fingerprint density at radius 2 is 1.94 bits per heavy atom. The van der Waals surface area contributed by atoms with Gasteiger partial charge in [0, 0.05) is 12.8 Å². The number of alkyl halides is 2. The highest BCUT2D eigenvalue weighted by Crippen LogP contribution is 2.40. The van der Waals surface area contributed by atoms with Gasteiger partial charge in [-0.05, 0) is 44.1 Å². The Morgan fingerprint density at radius 1 is 1.20 bits per heavy atom. The van der Waals surface area contributed by atoms with Gasteiger partial charge in [-0.1, -0.05) is 0 Å². The quantitative estimate of drug-likeness (QED) is 0.647. The van der Waals surface area contributed by atoms with Crippen LogP contribution in [0.2, 0.25) is 0 Å². The lowest BCUT2D eigenvalue weighted by Gasteiger charge is -2.53. The molecule has 12 heteroatoms. The maximum absolute atomic E-state index is 14.1. The number of nitrogens with zero attached hydrogens (tertiary/aromatic N) is 6. The number of aromatic nitrogens is 2. The molecule has 2 atom stereocenters. The first-order chi connectivity index (χ1) is 16.9. The van der Waals surface area contributed by atoms with Crippen LogP contribution in [0.5, 0.6) is 0 Å². The normalized spacial score (nSPS) is 30.1. The minimum absolute atomic E-state index is 0.00994. The van der Waals surface area contributed by atoms with Crippen LogP contribution in [0.1, 0.15) is 50.3 Å². The smallest absolute Gasteiger partial charge is 0.284 e. The Balaban J connectivity index is 1.30. The third-order valence-corrected chi connectivity index (χ3v) is 7.83. The Labute approximate surface area is 201 Å². The zero-order chi connectivity index (χ0) is 24.3. The van der Waals surface area contributed by atoms with Crippen LogP contribution < -0.4 is 10.7 Å². The van der Waals surface area contributed by atoms with Gasteiger partial charge in [0.15, 0.2) is 11.5 Å². The van der Waals surface area contributed by atoms with E-state index >= 15 is 0 Å². The topological polar surface area (TPSA) is 112 Å². The van der Waals surface area contributed by atoms with Gasteiger partial charge in [-0.15, -0.1) is 0 Å². The highest BCUT2D eigenvalue weighted by Gasteiger charge is 2.45. The molecule has 2 saturated heterocycles. The molecule has 1 amide bonds. The number of anilines is 1. The van der Waals surface area contributed by atoms with Crippen molar-refractivity contribution in [1.82, 2.24) is 19.7 Å². The molecule has 6 rings (SSSR count). The fraction of sp³-hybridized carbons (Fsp3) is 0.609. The second kappa shape index (κ2) is 8.59. The van der Waals surface area contributed by atoms with Gasteiger partial charge in [-0.2, -0.15) is 5.10 Å². The summed E-state index contributed by atoms with van der Waals surface area (Å²) < 4.78 is 35.4. The molecule has 1 aliphatic carbocycles. The first kappa shape index (κ1) is 22.5. The maximum atomic E-state index is 14.1. The van der Waals surface area contributed by atoms with Crippen LogP contribution in [0.15, 0.2) is 34.9 Å². The van der Waals surface area contributed by atoms with Gasteiger partial charge in [0.05, 0.1) is 49.7 Å². The van der Waals surface area contributed by atoms with Gasteiger partial charge >= 0.3 is 0 Å². The van der Waals surface area contributed by atoms with Crippen LogP contribution in [0.4, 0.5) is 14.5 Å². The molecule has 3 fully saturated rings. The van der Waals surface area contributed by atoms with E-state index in [1.165, 1.54) is 0 Å². The van der Waals surface area contributed by atoms with Crippen molar-refractivity contribution in [2.45, 2.75) is 56.7 Å². The van der Waals surface area contributed by atoms with E-state index in [1.807, 2.05) is 6.08 Å². The number of aliphatic imine (C=N–C) groups is 1. The Bertz CT molecular complexity index is 1090. The summed E-state index contributed by atoms with van der Waals surface area (Å²) in [6.07, 6.45) is 6.69. The van der Waals surface area contributed by atoms with Gasteiger partial charge in [0.2, 0.25) is 5.91 Å². The third-order valence-electron chi connectivity index (χ3n) is 7.83. The Kier molecular flexibility index (Phi) is 5.52. The zero-order valence-corrected chi connectivity index (χ0v) is 19.3. The molecule has 1 aromatic rings. The Hall–Kier alpha value is -2.99. The zero-order valence-electron chi connectivity index (χ0n) is 19.3. The summed E-state index contributed by atoms with van der Waals surface area (Å²) in [5.41, 5.74) is 5.85. The number of fused-ring (bicyclic) bond motifs is 3. The van der Waals surface area contributed by atoms with Crippen LogP contribution in [-0.2, 0) is 9.53 Å². The second-order valence-electron chi connectivity index (χ2n) is 9.88. The number of halogens is 2. The minimum Gasteiger partial charge on any atom is -0.396 e. The molecule has 0 aromatic carbocycles. The van der Waals surface area contributed by atoms with E-state index in [0.29, 0.717) is 19.0 Å². The number of ether oxygens (including phenoxy) is 1. The fourth-order valence-corrected chi connectivity index (χ4v) is 5.88. The van der Waals surface area contributed by atoms with Gasteiger partial charge in [0.25, 0.3) is 6.43 Å². The number of hydrogen-bond acceptors (Lipinski definition) is 8. The number of carbonyl (C=O) groups excluding carboxylic acids is 1. The van der Waals surface area contributed by atoms with E-state index in [1.54, 1.807) is 27.1 Å². The second-order valence-corrected chi connectivity index (χ2v) is 9.88. The van der Waals surface area contributed by atoms with Gasteiger partial charge < -0.3 is 20.5 Å². The maximum Gasteiger partial charge on any atom is 0.284 e. The van der Waals surface area contributed by atoms with E-state index in [0.717, 1.165) is 37.9 Å². The van der Waals surface area contributed by atoms with Crippen LogP contribution in [0.3, 0.4) is 0 Å². The molecule has 1 aromatic heterocycles. The molecule has 35 heavy (non-hydrogen) atoms. The third kappa shape index (κ3) is 3.70. The summed E-state index contributed by atoms with van der Waals surface area (Å²) >= 11 is 0. The van der Waals surface area contributed by atoms with E-state index in [-0.39, 0.29) is 54.1 Å². The number of rotatable bonds is 5. The number of morpholine rings is 1. The molecular formula is C23H29F2N7O3. The van der Waals surface area contributed by atoms with Crippen molar-refractivity contribution in [3.63, 3.8) is 0 Å². The summed E-state index contributed by atoms with van der Waals surface area (Å²) in [5, 5.41) is 16.9. The highest BCUT2D eigenvalue weighted by atomic mass is 19.3. The van der Waals surface area contributed by atoms with Gasteiger partial charge in [-0.25, -0.2) is 18.8 Å². The van der Waals surface area contributed by atoms with Crippen molar-refractivity contribution in [1.29, 1.82) is 0 Å². The number of carbonyl (C=O) groups is 1. The van der Waals surface area contributed by atoms with E-state index in [2.05, 4.69) is 10.00 Å². The largest absolute Gasteiger partial charge is 0.396 e. The lowest BCUT2D eigenvalue weighted by molar-refractivity contribution is -0.114. The van der Waals surface area contributed by atoms with Crippen molar-refractivity contribution < 1.29 is 23.4 Å². The number of hydrazine groups is 1. The molecule has 2 unspecified atom stereocenters. The van der Waals surface area contributed by atoms with Crippen LogP contribution in [-0.4, -0.2) is 75.0 Å². The number of aliphatic hydroxyl groups excluding tert-OH is 1. The summed E-state index contributed by atoms with van der Waals surface area (Å²) in [6, 6.07) is 0.496. The molecule has 1 saturated carbocycles. The summed E-state index contributed by atoms with van der Waals surface area (Å²) in [7, 11) is 0. The first-order valence-corrected chi connectivity index (χ1v) is 12.1. The molecule has 10 nitrogen and oxygen atoms in total. The molecule has 5 heterocycles. The van der Waals surface area contributed by atoms with E-state index in [4.69, 9.17) is 15.5 Å². The van der Waals surface area contributed by atoms with Crippen LogP contribution in [0.25, 0.3) is 0 Å². The van der Waals surface area contributed by atoms with E-state index < -0.39 is 12.3 Å². The molecule has 2 bridgehead atoms. The lowest BCUT2D eigenvalue weighted by Crippen LogP contribution is -2.65. The standard InChI is InChI=1S/C23H29F2N7O3/c24-21(25)20-18(9-29(28-20)14-3-1-13(10-33)2-4-14)31-8-17(22(26)34)23-27-19(5-6-30(23)31)32-15-7-16(32)12-35-11-15/h5-6,9,13-16,21,33H,1-4,7-8,10-12H2,(H2,26,34). The number of nitrogens with two attached hydrogens (primary N) is 1. The minimum atomic E-state index is -2.78. The lowest BCUT2D eigenvalue weighted by atomic mass is 9.87. The average Bonchev–Trinajstić information content (AvgIpc) is 3.46. The predicted molar refractivity (Wildman–Crippen MR) is 122 cm³/mol. The molecule has 188 valence electrons. The molecule has 3 N–H and O–H groups in total. The molecule has 0 radical (unpaired) electrons. The first-order valence-electron chi connectivity index (χ1n) is 12.1. The number of aliphatic hydroxyl groups is 1. The monoisotopic (exact) mass is 489 g/mol.